The lowest BCUT2D eigenvalue weighted by Gasteiger charge is -2.30. The maximum atomic E-state index is 14.2. The second-order valence-electron chi connectivity index (χ2n) is 11.2. The minimum Gasteiger partial charge on any atom is -0.358 e. The average Bonchev–Trinajstić information content (AvgIpc) is 3.36. The van der Waals surface area contributed by atoms with Crippen LogP contribution in [0.3, 0.4) is 0 Å². The summed E-state index contributed by atoms with van der Waals surface area (Å²) in [6.07, 6.45) is 5.11. The summed E-state index contributed by atoms with van der Waals surface area (Å²) in [4.78, 5) is 31.6. The number of aromatic nitrogens is 1. The van der Waals surface area contributed by atoms with Crippen LogP contribution >= 0.6 is 0 Å². The van der Waals surface area contributed by atoms with E-state index >= 15 is 0 Å². The number of halogens is 1. The number of fused-ring (bicyclic) bond motifs is 1. The molecular weight excluding hydrogens is 543 g/mol. The van der Waals surface area contributed by atoms with Gasteiger partial charge in [0.2, 0.25) is 0 Å². The number of H-pyrrole nitrogens is 1. The zero-order valence-electron chi connectivity index (χ0n) is 24.5. The fourth-order valence-corrected chi connectivity index (χ4v) is 7.20. The van der Waals surface area contributed by atoms with E-state index in [0.717, 1.165) is 6.54 Å². The highest BCUT2D eigenvalue weighted by Crippen LogP contribution is 2.34. The van der Waals surface area contributed by atoms with Crippen molar-refractivity contribution in [3.8, 4) is 0 Å². The second kappa shape index (κ2) is 12.2. The van der Waals surface area contributed by atoms with Crippen LogP contribution < -0.4 is 10.6 Å². The van der Waals surface area contributed by atoms with Crippen molar-refractivity contribution in [3.05, 3.63) is 87.2 Å². The summed E-state index contributed by atoms with van der Waals surface area (Å²) in [7, 11) is -3.75. The average molecular weight is 583 g/mol. The molecular formula is C31H39FN4O4S. The van der Waals surface area contributed by atoms with Gasteiger partial charge in [-0.25, -0.2) is 12.8 Å². The number of aromatic amines is 1. The van der Waals surface area contributed by atoms with Gasteiger partial charge in [0, 0.05) is 53.4 Å². The first kappa shape index (κ1) is 30.5. The van der Waals surface area contributed by atoms with Gasteiger partial charge in [-0.3, -0.25) is 14.5 Å². The zero-order chi connectivity index (χ0) is 30.1. The van der Waals surface area contributed by atoms with Crippen molar-refractivity contribution in [2.45, 2.75) is 71.0 Å². The van der Waals surface area contributed by atoms with Crippen molar-refractivity contribution in [1.82, 2.24) is 20.5 Å². The molecule has 2 heterocycles. The lowest BCUT2D eigenvalue weighted by atomic mass is 9.98. The molecule has 1 unspecified atom stereocenters. The van der Waals surface area contributed by atoms with E-state index < -0.39 is 26.7 Å². The van der Waals surface area contributed by atoms with Crippen molar-refractivity contribution in [2.75, 3.05) is 13.1 Å². The van der Waals surface area contributed by atoms with Gasteiger partial charge in [0.25, 0.3) is 11.8 Å². The lowest BCUT2D eigenvalue weighted by Crippen LogP contribution is -2.42. The Morgan fingerprint density at radius 2 is 1.85 bits per heavy atom. The highest BCUT2D eigenvalue weighted by Gasteiger charge is 2.35. The number of aryl methyl sites for hydroxylation is 1. The molecule has 0 radical (unpaired) electrons. The molecule has 2 aliphatic rings. The summed E-state index contributed by atoms with van der Waals surface area (Å²) in [5.74, 6) is -1.54. The molecule has 0 saturated carbocycles. The molecule has 2 amide bonds. The maximum absolute atomic E-state index is 14.2. The van der Waals surface area contributed by atoms with E-state index in [9.17, 15) is 22.4 Å². The number of benzene rings is 1. The van der Waals surface area contributed by atoms with E-state index in [1.807, 2.05) is 13.8 Å². The highest BCUT2D eigenvalue weighted by molar-refractivity contribution is 7.91. The van der Waals surface area contributed by atoms with Crippen molar-refractivity contribution >= 4 is 27.7 Å². The Kier molecular flexibility index (Phi) is 9.03. The van der Waals surface area contributed by atoms with E-state index in [-0.39, 0.29) is 23.8 Å². The quantitative estimate of drug-likeness (QED) is 0.361. The Morgan fingerprint density at radius 3 is 2.51 bits per heavy atom. The number of rotatable bonds is 10. The molecule has 41 heavy (non-hydrogen) atoms. The summed E-state index contributed by atoms with van der Waals surface area (Å²) >= 11 is 0. The topological polar surface area (TPSA) is 111 Å². The summed E-state index contributed by atoms with van der Waals surface area (Å²) < 4.78 is 40.6. The van der Waals surface area contributed by atoms with Gasteiger partial charge in [0.05, 0.1) is 22.1 Å². The number of carbonyl (C=O) groups excluding carboxylic acids is 2. The zero-order valence-corrected chi connectivity index (χ0v) is 25.3. The summed E-state index contributed by atoms with van der Waals surface area (Å²) in [5, 5.41) is 4.92. The molecule has 0 spiro atoms. The monoisotopic (exact) mass is 582 g/mol. The number of hydrogen-bond acceptors (Lipinski definition) is 5. The van der Waals surface area contributed by atoms with E-state index in [1.165, 1.54) is 18.2 Å². The SMILES string of the molecule is Cc1[nH]c(/C=C2\C(=O)NC3=CCC(S(=O)(=O)Cc4ccccc4F)C=C32)c(C)c1C(=O)NCCN(C(C)C)C(C)C. The normalized spacial score (nSPS) is 18.1. The molecule has 10 heteroatoms. The predicted molar refractivity (Wildman–Crippen MR) is 159 cm³/mol. The largest absolute Gasteiger partial charge is 0.358 e. The standard InChI is InChI=1S/C31H39FN4O4S/c1-18(2)36(19(3)4)14-13-33-31(38)29-20(5)28(34-21(29)6)16-25-24-15-23(11-12-27(24)35-30(25)37)41(39,40)17-22-9-7-8-10-26(22)32/h7-10,12,15-16,18-19,23,34H,11,13-14,17H2,1-6H3,(H,33,38)(H,35,37)/b25-16-. The van der Waals surface area contributed by atoms with Crippen LogP contribution in [0.1, 0.15) is 67.0 Å². The van der Waals surface area contributed by atoms with Gasteiger partial charge in [0.15, 0.2) is 9.84 Å². The van der Waals surface area contributed by atoms with Gasteiger partial charge in [-0.1, -0.05) is 30.4 Å². The predicted octanol–water partition coefficient (Wildman–Crippen LogP) is 4.33. The third kappa shape index (κ3) is 6.54. The summed E-state index contributed by atoms with van der Waals surface area (Å²) in [5.41, 5.74) is 3.96. The van der Waals surface area contributed by atoms with Crippen molar-refractivity contribution in [2.24, 2.45) is 0 Å². The minimum atomic E-state index is -3.75. The fraction of sp³-hybridized carbons (Fsp3) is 0.419. The van der Waals surface area contributed by atoms with Gasteiger partial charge in [0.1, 0.15) is 5.82 Å². The van der Waals surface area contributed by atoms with Crippen LogP contribution in [0.4, 0.5) is 4.39 Å². The summed E-state index contributed by atoms with van der Waals surface area (Å²) in [6, 6.07) is 6.55. The molecule has 4 rings (SSSR count). The van der Waals surface area contributed by atoms with Gasteiger partial charge < -0.3 is 15.6 Å². The Hall–Kier alpha value is -3.50. The molecule has 1 aliphatic carbocycles. The van der Waals surface area contributed by atoms with Gasteiger partial charge >= 0.3 is 0 Å². The highest BCUT2D eigenvalue weighted by atomic mass is 32.2. The first-order valence-electron chi connectivity index (χ1n) is 13.9. The first-order chi connectivity index (χ1) is 19.3. The Labute approximate surface area is 241 Å². The molecule has 1 aliphatic heterocycles. The lowest BCUT2D eigenvalue weighted by molar-refractivity contribution is -0.115. The smallest absolute Gasteiger partial charge is 0.256 e. The van der Waals surface area contributed by atoms with Crippen molar-refractivity contribution in [3.63, 3.8) is 0 Å². The number of allylic oxidation sites excluding steroid dienone is 2. The Balaban J connectivity index is 1.56. The van der Waals surface area contributed by atoms with Crippen molar-refractivity contribution in [1.29, 1.82) is 0 Å². The number of nitrogens with one attached hydrogen (secondary N) is 3. The maximum Gasteiger partial charge on any atom is 0.256 e. The number of amides is 2. The molecule has 3 N–H and O–H groups in total. The van der Waals surface area contributed by atoms with E-state index in [4.69, 9.17) is 0 Å². The fourth-order valence-electron chi connectivity index (χ4n) is 5.59. The van der Waals surface area contributed by atoms with Gasteiger partial charge in [-0.15, -0.1) is 0 Å². The molecule has 8 nitrogen and oxygen atoms in total. The summed E-state index contributed by atoms with van der Waals surface area (Å²) in [6.45, 7) is 13.4. The molecule has 1 atom stereocenters. The Bertz CT molecular complexity index is 1540. The first-order valence-corrected chi connectivity index (χ1v) is 15.7. The molecule has 1 aromatic heterocycles. The Morgan fingerprint density at radius 1 is 1.17 bits per heavy atom. The molecule has 1 saturated heterocycles. The van der Waals surface area contributed by atoms with E-state index in [0.29, 0.717) is 58.0 Å². The van der Waals surface area contributed by atoms with E-state index in [2.05, 4.69) is 48.2 Å². The van der Waals surface area contributed by atoms with Crippen LogP contribution in [-0.2, 0) is 20.4 Å². The van der Waals surface area contributed by atoms with Crippen LogP contribution in [-0.4, -0.2) is 60.5 Å². The second-order valence-corrected chi connectivity index (χ2v) is 13.4. The van der Waals surface area contributed by atoms with Gasteiger partial charge in [-0.2, -0.15) is 0 Å². The molecule has 1 aromatic carbocycles. The van der Waals surface area contributed by atoms with Crippen molar-refractivity contribution < 1.29 is 22.4 Å². The van der Waals surface area contributed by atoms with Crippen LogP contribution in [0.15, 0.2) is 53.3 Å². The molecule has 220 valence electrons. The number of nitrogens with zero attached hydrogens (tertiary/aromatic N) is 1. The molecule has 2 aromatic rings. The number of sulfone groups is 1. The van der Waals surface area contributed by atoms with Crippen LogP contribution in [0.25, 0.3) is 6.08 Å². The third-order valence-corrected chi connectivity index (χ3v) is 9.69. The van der Waals surface area contributed by atoms with E-state index in [1.54, 1.807) is 24.3 Å². The number of carbonyl (C=O) groups is 2. The van der Waals surface area contributed by atoms with Crippen LogP contribution in [0, 0.1) is 19.7 Å². The molecule has 1 fully saturated rings. The van der Waals surface area contributed by atoms with Crippen LogP contribution in [0.2, 0.25) is 0 Å². The number of hydrogen-bond donors (Lipinski definition) is 3. The van der Waals surface area contributed by atoms with Crippen LogP contribution in [0.5, 0.6) is 0 Å². The third-order valence-electron chi connectivity index (χ3n) is 7.73. The molecule has 0 bridgehead atoms. The van der Waals surface area contributed by atoms with Gasteiger partial charge in [-0.05, 0) is 65.7 Å². The minimum absolute atomic E-state index is 0.112.